The highest BCUT2D eigenvalue weighted by atomic mass is 32.2. The van der Waals surface area contributed by atoms with E-state index in [1.165, 1.54) is 11.3 Å². The quantitative estimate of drug-likeness (QED) is 0.555. The maximum absolute atomic E-state index is 12.6. The molecule has 0 radical (unpaired) electrons. The van der Waals surface area contributed by atoms with Crippen LogP contribution in [0.3, 0.4) is 0 Å². The third-order valence-corrected chi connectivity index (χ3v) is 6.92. The summed E-state index contributed by atoms with van der Waals surface area (Å²) in [7, 11) is 0. The molecule has 0 atom stereocenters. The second-order valence-electron chi connectivity index (χ2n) is 8.28. The molecule has 1 aliphatic heterocycles. The molecule has 0 spiro atoms. The van der Waals surface area contributed by atoms with Crippen molar-refractivity contribution in [1.82, 2.24) is 15.1 Å². The Bertz CT molecular complexity index is 936. The van der Waals surface area contributed by atoms with Gasteiger partial charge in [0, 0.05) is 30.2 Å². The highest BCUT2D eigenvalue weighted by Crippen LogP contribution is 2.29. The molecule has 0 aliphatic carbocycles. The number of nitrogens with zero attached hydrogens (tertiary/aromatic N) is 4. The van der Waals surface area contributed by atoms with Crippen LogP contribution in [0.15, 0.2) is 28.6 Å². The Labute approximate surface area is 184 Å². The fourth-order valence-corrected chi connectivity index (χ4v) is 4.88. The highest BCUT2D eigenvalue weighted by Gasteiger charge is 2.32. The average Bonchev–Trinajstić information content (AvgIpc) is 3.18. The number of nitrogens with one attached hydrogen (secondary N) is 1. The largest absolute Gasteiger partial charge is 0.342 e. The van der Waals surface area contributed by atoms with Gasteiger partial charge in [-0.25, -0.2) is 0 Å². The van der Waals surface area contributed by atoms with Gasteiger partial charge in [0.25, 0.3) is 0 Å². The number of amides is 2. The molecule has 2 heterocycles. The normalized spacial score (nSPS) is 14.9. The summed E-state index contributed by atoms with van der Waals surface area (Å²) in [4.78, 5) is 26.8. The smallest absolute Gasteiger partial charge is 0.229 e. The molecule has 2 aromatic rings. The Morgan fingerprint density at radius 1 is 1.23 bits per heavy atom. The van der Waals surface area contributed by atoms with Crippen LogP contribution < -0.4 is 5.32 Å². The molecule has 1 fully saturated rings. The number of anilines is 1. The fourth-order valence-electron chi connectivity index (χ4n) is 3.17. The van der Waals surface area contributed by atoms with Crippen LogP contribution in [0.25, 0.3) is 0 Å². The van der Waals surface area contributed by atoms with Gasteiger partial charge in [-0.1, -0.05) is 56.0 Å². The van der Waals surface area contributed by atoms with Crippen LogP contribution in [-0.2, 0) is 15.3 Å². The van der Waals surface area contributed by atoms with Crippen molar-refractivity contribution in [1.29, 1.82) is 5.26 Å². The second kappa shape index (κ2) is 9.58. The van der Waals surface area contributed by atoms with Crippen LogP contribution in [0.2, 0.25) is 0 Å². The molecule has 7 nitrogen and oxygen atoms in total. The maximum Gasteiger partial charge on any atom is 0.229 e. The molecule has 1 aromatic carbocycles. The molecule has 158 valence electrons. The van der Waals surface area contributed by atoms with Gasteiger partial charge in [-0.05, 0) is 30.5 Å². The van der Waals surface area contributed by atoms with Gasteiger partial charge in [0.1, 0.15) is 0 Å². The van der Waals surface area contributed by atoms with E-state index >= 15 is 0 Å². The first-order chi connectivity index (χ1) is 14.3. The second-order valence-corrected chi connectivity index (χ2v) is 10.5. The first-order valence-corrected chi connectivity index (χ1v) is 11.6. The minimum absolute atomic E-state index is 0.0577. The summed E-state index contributed by atoms with van der Waals surface area (Å²) in [5.41, 5.74) is 1.34. The number of rotatable bonds is 5. The lowest BCUT2D eigenvalue weighted by Crippen LogP contribution is -2.45. The predicted octanol–water partition coefficient (Wildman–Crippen LogP) is 3.93. The molecule has 2 amide bonds. The minimum Gasteiger partial charge on any atom is -0.342 e. The Hall–Kier alpha value is -2.44. The number of aromatic nitrogens is 2. The zero-order chi connectivity index (χ0) is 21.7. The number of nitriles is 1. The molecule has 1 saturated heterocycles. The van der Waals surface area contributed by atoms with E-state index in [0.717, 1.165) is 9.90 Å². The summed E-state index contributed by atoms with van der Waals surface area (Å²) in [5, 5.41) is 20.4. The topological polar surface area (TPSA) is 99.0 Å². The van der Waals surface area contributed by atoms with Crippen LogP contribution in [0, 0.1) is 22.7 Å². The molecular formula is C21H25N5O2S2. The zero-order valence-electron chi connectivity index (χ0n) is 17.3. The van der Waals surface area contributed by atoms with Gasteiger partial charge in [0.05, 0.1) is 11.6 Å². The molecule has 0 bridgehead atoms. The highest BCUT2D eigenvalue weighted by molar-refractivity contribution is 8.00. The molecule has 1 N–H and O–H groups in total. The zero-order valence-corrected chi connectivity index (χ0v) is 19.0. The van der Waals surface area contributed by atoms with E-state index < -0.39 is 5.41 Å². The summed E-state index contributed by atoms with van der Waals surface area (Å²) < 4.78 is 0.778. The van der Waals surface area contributed by atoms with E-state index in [1.807, 2.05) is 37.8 Å². The molecule has 0 unspecified atom stereocenters. The van der Waals surface area contributed by atoms with Crippen molar-refractivity contribution in [3.63, 3.8) is 0 Å². The predicted molar refractivity (Wildman–Crippen MR) is 118 cm³/mol. The molecular weight excluding hydrogens is 418 g/mol. The van der Waals surface area contributed by atoms with Crippen molar-refractivity contribution in [3.8, 4) is 6.07 Å². The van der Waals surface area contributed by atoms with Gasteiger partial charge in [-0.15, -0.1) is 10.2 Å². The third-order valence-electron chi connectivity index (χ3n) is 4.88. The molecule has 3 rings (SSSR count). The van der Waals surface area contributed by atoms with Crippen LogP contribution in [0.4, 0.5) is 5.13 Å². The monoisotopic (exact) mass is 443 g/mol. The van der Waals surface area contributed by atoms with Gasteiger partial charge in [-0.2, -0.15) is 5.26 Å². The first-order valence-electron chi connectivity index (χ1n) is 9.82. The Morgan fingerprint density at radius 2 is 1.90 bits per heavy atom. The fraction of sp³-hybridized carbons (Fsp3) is 0.476. The van der Waals surface area contributed by atoms with Crippen LogP contribution in [0.5, 0.6) is 0 Å². The van der Waals surface area contributed by atoms with E-state index in [1.54, 1.807) is 23.9 Å². The van der Waals surface area contributed by atoms with Crippen molar-refractivity contribution in [2.24, 2.45) is 11.3 Å². The van der Waals surface area contributed by atoms with Crippen LogP contribution in [-0.4, -0.2) is 40.0 Å². The lowest BCUT2D eigenvalue weighted by Gasteiger charge is -2.35. The number of hydrogen-bond acceptors (Lipinski definition) is 7. The van der Waals surface area contributed by atoms with Gasteiger partial charge >= 0.3 is 0 Å². The summed E-state index contributed by atoms with van der Waals surface area (Å²) in [5.74, 6) is 0.675. The third kappa shape index (κ3) is 5.80. The molecule has 0 saturated carbocycles. The summed E-state index contributed by atoms with van der Waals surface area (Å²) in [6.07, 6.45) is 1.32. The molecule has 1 aromatic heterocycles. The Balaban J connectivity index is 1.47. The molecule has 9 heteroatoms. The van der Waals surface area contributed by atoms with E-state index in [9.17, 15) is 9.59 Å². The number of likely N-dealkylation sites (tertiary alicyclic amines) is 1. The van der Waals surface area contributed by atoms with Gasteiger partial charge in [0.15, 0.2) is 4.34 Å². The number of thioether (sulfide) groups is 1. The number of carbonyl (C=O) groups excluding carboxylic acids is 2. The first kappa shape index (κ1) is 22.2. The van der Waals surface area contributed by atoms with Gasteiger partial charge < -0.3 is 10.2 Å². The Kier molecular flexibility index (Phi) is 7.10. The number of piperidine rings is 1. The number of hydrogen-bond donors (Lipinski definition) is 1. The van der Waals surface area contributed by atoms with Gasteiger partial charge in [0.2, 0.25) is 16.9 Å². The summed E-state index contributed by atoms with van der Waals surface area (Å²) >= 11 is 2.90. The van der Waals surface area contributed by atoms with Crippen LogP contribution >= 0.6 is 23.1 Å². The van der Waals surface area contributed by atoms with Crippen molar-refractivity contribution >= 4 is 40.0 Å². The minimum atomic E-state index is -0.395. The lowest BCUT2D eigenvalue weighted by molar-refractivity contribution is -0.142. The van der Waals surface area contributed by atoms with E-state index in [2.05, 4.69) is 21.6 Å². The SMILES string of the molecule is CC(C)(C)C(=O)N1CCC(C(=O)Nc2nnc(SCc3ccc(C#N)cc3)s2)CC1. The molecule has 1 aliphatic rings. The number of carbonyl (C=O) groups is 2. The standard InChI is InChI=1S/C21H25N5O2S2/c1-21(2,3)18(28)26-10-8-16(9-11-26)17(27)23-19-24-25-20(30-19)29-13-15-6-4-14(12-22)5-7-15/h4-7,16H,8-11,13H2,1-3H3,(H,23,24,27). The van der Waals surface area contributed by atoms with Crippen molar-refractivity contribution in [2.45, 2.75) is 43.7 Å². The van der Waals surface area contributed by atoms with Crippen LogP contribution in [0.1, 0.15) is 44.7 Å². The van der Waals surface area contributed by atoms with E-state index in [4.69, 9.17) is 5.26 Å². The molecule has 30 heavy (non-hydrogen) atoms. The maximum atomic E-state index is 12.6. The lowest BCUT2D eigenvalue weighted by atomic mass is 9.91. The van der Waals surface area contributed by atoms with Gasteiger partial charge in [-0.3, -0.25) is 9.59 Å². The van der Waals surface area contributed by atoms with E-state index in [-0.39, 0.29) is 17.7 Å². The summed E-state index contributed by atoms with van der Waals surface area (Å²) in [6.45, 7) is 6.97. The van der Waals surface area contributed by atoms with Crippen molar-refractivity contribution in [2.75, 3.05) is 18.4 Å². The average molecular weight is 444 g/mol. The van der Waals surface area contributed by atoms with Crippen molar-refractivity contribution in [3.05, 3.63) is 35.4 Å². The van der Waals surface area contributed by atoms with E-state index in [0.29, 0.717) is 42.4 Å². The van der Waals surface area contributed by atoms with Crippen molar-refractivity contribution < 1.29 is 9.59 Å². The Morgan fingerprint density at radius 3 is 2.50 bits per heavy atom. The summed E-state index contributed by atoms with van der Waals surface area (Å²) in [6, 6.07) is 9.54. The number of benzene rings is 1.